The first-order valence-electron chi connectivity index (χ1n) is 8.56. The average molecular weight is 372 g/mol. The zero-order valence-electron chi connectivity index (χ0n) is 14.7. The summed E-state index contributed by atoms with van der Waals surface area (Å²) in [7, 11) is 0. The van der Waals surface area contributed by atoms with Crippen molar-refractivity contribution in [1.82, 2.24) is 14.5 Å². The molecule has 0 atom stereocenters. The molecule has 3 N–H and O–H groups in total. The van der Waals surface area contributed by atoms with Crippen LogP contribution >= 0.6 is 0 Å². The lowest BCUT2D eigenvalue weighted by atomic mass is 10.0. The molecule has 3 aromatic heterocycles. The van der Waals surface area contributed by atoms with Crippen molar-refractivity contribution in [2.24, 2.45) is 5.73 Å². The van der Waals surface area contributed by atoms with E-state index >= 15 is 0 Å². The molecular formula is C21H16N4O3. The summed E-state index contributed by atoms with van der Waals surface area (Å²) in [6, 6.07) is 14.4. The van der Waals surface area contributed by atoms with Gasteiger partial charge in [0.15, 0.2) is 11.4 Å². The Labute approximate surface area is 159 Å². The molecule has 3 heterocycles. The highest BCUT2D eigenvalue weighted by molar-refractivity contribution is 6.00. The minimum atomic E-state index is -0.842. The number of hydrogen-bond donors (Lipinski definition) is 2. The maximum Gasteiger partial charge on any atom is 0.271 e. The molecule has 0 saturated carbocycles. The van der Waals surface area contributed by atoms with Crippen molar-refractivity contribution in [3.8, 4) is 16.9 Å². The lowest BCUT2D eigenvalue weighted by Gasteiger charge is -2.15. The van der Waals surface area contributed by atoms with Gasteiger partial charge in [-0.25, -0.2) is 4.98 Å². The molecule has 0 spiro atoms. The third-order valence-electron chi connectivity index (χ3n) is 4.53. The molecular weight excluding hydrogens is 356 g/mol. The van der Waals surface area contributed by atoms with E-state index in [-0.39, 0.29) is 23.5 Å². The number of pyridine rings is 3. The van der Waals surface area contributed by atoms with Crippen molar-refractivity contribution in [1.29, 1.82) is 0 Å². The minimum absolute atomic E-state index is 0.238. The number of aromatic nitrogens is 3. The molecule has 1 aromatic carbocycles. The number of rotatable bonds is 4. The highest BCUT2D eigenvalue weighted by atomic mass is 16.3. The molecule has 28 heavy (non-hydrogen) atoms. The van der Waals surface area contributed by atoms with E-state index in [0.29, 0.717) is 22.0 Å². The van der Waals surface area contributed by atoms with E-state index in [0.717, 1.165) is 5.56 Å². The van der Waals surface area contributed by atoms with E-state index in [1.54, 1.807) is 30.6 Å². The van der Waals surface area contributed by atoms with Crippen LogP contribution in [0, 0.1) is 0 Å². The summed E-state index contributed by atoms with van der Waals surface area (Å²) < 4.78 is 1.53. The second-order valence-corrected chi connectivity index (χ2v) is 6.29. The van der Waals surface area contributed by atoms with Gasteiger partial charge in [0, 0.05) is 23.3 Å². The third-order valence-corrected chi connectivity index (χ3v) is 4.53. The number of benzene rings is 1. The van der Waals surface area contributed by atoms with Gasteiger partial charge < -0.3 is 15.4 Å². The van der Waals surface area contributed by atoms with Gasteiger partial charge in [0.25, 0.3) is 11.5 Å². The Balaban J connectivity index is 2.05. The summed E-state index contributed by atoms with van der Waals surface area (Å²) >= 11 is 0. The smallest absolute Gasteiger partial charge is 0.271 e. The van der Waals surface area contributed by atoms with E-state index < -0.39 is 5.91 Å². The quantitative estimate of drug-likeness (QED) is 0.571. The van der Waals surface area contributed by atoms with Crippen LogP contribution in [0.4, 0.5) is 0 Å². The number of nitrogens with two attached hydrogens (primary N) is 1. The maximum absolute atomic E-state index is 13.3. The first kappa shape index (κ1) is 17.4. The highest BCUT2D eigenvalue weighted by Crippen LogP contribution is 2.29. The zero-order chi connectivity index (χ0) is 19.7. The maximum atomic E-state index is 13.3. The molecule has 0 radical (unpaired) electrons. The summed E-state index contributed by atoms with van der Waals surface area (Å²) in [5.74, 6) is -1.19. The van der Waals surface area contributed by atoms with E-state index in [2.05, 4.69) is 9.97 Å². The Morgan fingerprint density at radius 1 is 1.11 bits per heavy atom. The van der Waals surface area contributed by atoms with E-state index in [9.17, 15) is 14.7 Å². The Kier molecular flexibility index (Phi) is 4.33. The first-order chi connectivity index (χ1) is 13.6. The number of aromatic hydroxyl groups is 1. The molecule has 0 aliphatic heterocycles. The van der Waals surface area contributed by atoms with Crippen LogP contribution in [0.1, 0.15) is 16.1 Å². The SMILES string of the molecule is NC(=O)c1ncc2c(cc(-c3ccncc3)c(=O)n2Cc2ccccc2)c1O. The van der Waals surface area contributed by atoms with E-state index in [1.165, 1.54) is 10.8 Å². The summed E-state index contributed by atoms with van der Waals surface area (Å²) in [4.78, 5) is 32.8. The normalized spacial score (nSPS) is 10.9. The van der Waals surface area contributed by atoms with Crippen LogP contribution in [0.15, 0.2) is 71.9 Å². The number of amides is 1. The highest BCUT2D eigenvalue weighted by Gasteiger charge is 2.18. The van der Waals surface area contributed by atoms with Crippen LogP contribution in [0.5, 0.6) is 5.75 Å². The molecule has 0 aliphatic carbocycles. The van der Waals surface area contributed by atoms with Gasteiger partial charge in [0.2, 0.25) is 0 Å². The zero-order valence-corrected chi connectivity index (χ0v) is 14.7. The molecule has 0 unspecified atom stereocenters. The Morgan fingerprint density at radius 3 is 2.50 bits per heavy atom. The van der Waals surface area contributed by atoms with E-state index in [1.807, 2.05) is 30.3 Å². The van der Waals surface area contributed by atoms with Crippen LogP contribution in [-0.2, 0) is 6.54 Å². The Bertz CT molecular complexity index is 1240. The van der Waals surface area contributed by atoms with Crippen LogP contribution in [-0.4, -0.2) is 25.5 Å². The molecule has 7 nitrogen and oxygen atoms in total. The monoisotopic (exact) mass is 372 g/mol. The summed E-state index contributed by atoms with van der Waals surface area (Å²) in [5.41, 5.74) is 7.19. The molecule has 7 heteroatoms. The fourth-order valence-corrected chi connectivity index (χ4v) is 3.17. The number of carbonyl (C=O) groups excluding carboxylic acids is 1. The van der Waals surface area contributed by atoms with Gasteiger partial charge in [0.05, 0.1) is 18.3 Å². The van der Waals surface area contributed by atoms with Crippen LogP contribution in [0.25, 0.3) is 22.0 Å². The van der Waals surface area contributed by atoms with Crippen molar-refractivity contribution >= 4 is 16.8 Å². The second kappa shape index (κ2) is 6.96. The summed E-state index contributed by atoms with van der Waals surface area (Å²) in [5, 5.41) is 10.9. The number of nitrogens with zero attached hydrogens (tertiary/aromatic N) is 3. The summed E-state index contributed by atoms with van der Waals surface area (Å²) in [6.45, 7) is 0.284. The first-order valence-corrected chi connectivity index (χ1v) is 8.56. The van der Waals surface area contributed by atoms with Crippen molar-refractivity contribution in [2.45, 2.75) is 6.54 Å². The topological polar surface area (TPSA) is 111 Å². The molecule has 0 aliphatic rings. The molecule has 0 saturated heterocycles. The van der Waals surface area contributed by atoms with Gasteiger partial charge in [-0.2, -0.15) is 0 Å². The molecule has 4 aromatic rings. The van der Waals surface area contributed by atoms with Gasteiger partial charge in [0.1, 0.15) is 0 Å². The van der Waals surface area contributed by atoms with Gasteiger partial charge in [-0.1, -0.05) is 30.3 Å². The predicted octanol–water partition coefficient (Wildman–Crippen LogP) is 2.31. The largest absolute Gasteiger partial charge is 0.505 e. The second-order valence-electron chi connectivity index (χ2n) is 6.29. The van der Waals surface area contributed by atoms with Gasteiger partial charge in [-0.3, -0.25) is 14.6 Å². The van der Waals surface area contributed by atoms with Crippen molar-refractivity contribution < 1.29 is 9.90 Å². The Hall–Kier alpha value is -4.00. The minimum Gasteiger partial charge on any atom is -0.505 e. The van der Waals surface area contributed by atoms with Crippen LogP contribution in [0.3, 0.4) is 0 Å². The number of fused-ring (bicyclic) bond motifs is 1. The molecule has 0 bridgehead atoms. The van der Waals surface area contributed by atoms with Gasteiger partial charge in [-0.05, 0) is 29.3 Å². The summed E-state index contributed by atoms with van der Waals surface area (Å²) in [6.07, 6.45) is 4.55. The number of carbonyl (C=O) groups is 1. The molecule has 0 fully saturated rings. The van der Waals surface area contributed by atoms with Crippen molar-refractivity contribution in [2.75, 3.05) is 0 Å². The lowest BCUT2D eigenvalue weighted by molar-refractivity contribution is 0.0993. The van der Waals surface area contributed by atoms with Crippen molar-refractivity contribution in [3.05, 3.63) is 88.7 Å². The van der Waals surface area contributed by atoms with Gasteiger partial charge in [-0.15, -0.1) is 0 Å². The molecule has 1 amide bonds. The number of hydrogen-bond acceptors (Lipinski definition) is 5. The molecule has 138 valence electrons. The third kappa shape index (κ3) is 2.99. The van der Waals surface area contributed by atoms with Crippen molar-refractivity contribution in [3.63, 3.8) is 0 Å². The van der Waals surface area contributed by atoms with Crippen LogP contribution in [0.2, 0.25) is 0 Å². The predicted molar refractivity (Wildman–Crippen MR) is 105 cm³/mol. The standard InChI is InChI=1S/C21H16N4O3/c22-20(27)18-19(26)16-10-15(14-6-8-23-9-7-14)21(28)25(17(16)11-24-18)12-13-4-2-1-3-5-13/h1-11,26H,12H2,(H2,22,27). The number of primary amides is 1. The van der Waals surface area contributed by atoms with Gasteiger partial charge >= 0.3 is 0 Å². The van der Waals surface area contributed by atoms with Crippen LogP contribution < -0.4 is 11.3 Å². The lowest BCUT2D eigenvalue weighted by Crippen LogP contribution is -2.23. The average Bonchev–Trinajstić information content (AvgIpc) is 2.71. The fraction of sp³-hybridized carbons (Fsp3) is 0.0476. The fourth-order valence-electron chi connectivity index (χ4n) is 3.17. The molecule has 4 rings (SSSR count). The van der Waals surface area contributed by atoms with E-state index in [4.69, 9.17) is 5.73 Å². The Morgan fingerprint density at radius 2 is 1.82 bits per heavy atom.